The van der Waals surface area contributed by atoms with E-state index in [0.717, 1.165) is 0 Å². The molecule has 0 saturated heterocycles. The fourth-order valence-corrected chi connectivity index (χ4v) is 1.92. The van der Waals surface area contributed by atoms with Gasteiger partial charge in [0.05, 0.1) is 17.7 Å². The Morgan fingerprint density at radius 1 is 1.36 bits per heavy atom. The lowest BCUT2D eigenvalue weighted by atomic mass is 9.96. The van der Waals surface area contributed by atoms with Crippen molar-refractivity contribution < 1.29 is 31.5 Å². The molecule has 0 atom stereocenters. The summed E-state index contributed by atoms with van der Waals surface area (Å²) >= 11 is 0. The molecule has 9 heteroatoms. The molecule has 0 N–H and O–H groups in total. The highest BCUT2D eigenvalue weighted by Crippen LogP contribution is 2.36. The number of carbonyl (C=O) groups is 1. The largest absolute Gasteiger partial charge is 0.462 e. The molecule has 0 amide bonds. The van der Waals surface area contributed by atoms with E-state index in [-0.39, 0.29) is 13.0 Å². The third kappa shape index (κ3) is 3.32. The first-order chi connectivity index (χ1) is 10.2. The van der Waals surface area contributed by atoms with Gasteiger partial charge in [0.15, 0.2) is 5.69 Å². The molecule has 0 spiro atoms. The highest BCUT2D eigenvalue weighted by atomic mass is 19.4. The number of esters is 1. The average molecular weight is 322 g/mol. The number of pyridine rings is 1. The molecule has 0 aliphatic heterocycles. The molecule has 0 aromatic carbocycles. The number of nitriles is 1. The molecule has 1 aromatic rings. The van der Waals surface area contributed by atoms with Gasteiger partial charge >= 0.3 is 12.1 Å². The Bertz CT molecular complexity index is 620. The van der Waals surface area contributed by atoms with Gasteiger partial charge in [0.2, 0.25) is 0 Å². The Morgan fingerprint density at radius 3 is 2.32 bits per heavy atom. The van der Waals surface area contributed by atoms with Crippen LogP contribution in [0.2, 0.25) is 0 Å². The topological polar surface area (TPSA) is 63.0 Å². The van der Waals surface area contributed by atoms with Gasteiger partial charge in [0.25, 0.3) is 6.43 Å². The van der Waals surface area contributed by atoms with Gasteiger partial charge in [-0.2, -0.15) is 18.4 Å². The molecule has 1 heterocycles. The van der Waals surface area contributed by atoms with E-state index in [1.54, 1.807) is 0 Å². The Labute approximate surface area is 122 Å². The third-order valence-electron chi connectivity index (χ3n) is 2.75. The van der Waals surface area contributed by atoms with Crippen molar-refractivity contribution in [3.05, 3.63) is 28.1 Å². The fourth-order valence-electron chi connectivity index (χ4n) is 1.92. The van der Waals surface area contributed by atoms with Gasteiger partial charge in [0.1, 0.15) is 11.8 Å². The van der Waals surface area contributed by atoms with E-state index in [9.17, 15) is 26.7 Å². The van der Waals surface area contributed by atoms with Gasteiger partial charge in [-0.1, -0.05) is 6.92 Å². The third-order valence-corrected chi connectivity index (χ3v) is 2.75. The number of hydrogen-bond acceptors (Lipinski definition) is 4. The van der Waals surface area contributed by atoms with Crippen LogP contribution in [0.4, 0.5) is 22.0 Å². The Kier molecular flexibility index (Phi) is 5.41. The zero-order chi connectivity index (χ0) is 17.1. The minimum atomic E-state index is -5.14. The van der Waals surface area contributed by atoms with Crippen LogP contribution in [-0.4, -0.2) is 17.6 Å². The van der Waals surface area contributed by atoms with E-state index in [2.05, 4.69) is 9.72 Å². The second-order valence-electron chi connectivity index (χ2n) is 4.06. The van der Waals surface area contributed by atoms with Crippen LogP contribution in [0.25, 0.3) is 0 Å². The van der Waals surface area contributed by atoms with Crippen LogP contribution in [0.3, 0.4) is 0 Å². The summed E-state index contributed by atoms with van der Waals surface area (Å²) in [5.74, 6) is -1.35. The Hall–Kier alpha value is -2.24. The van der Waals surface area contributed by atoms with Crippen molar-refractivity contribution in [3.8, 4) is 6.07 Å². The van der Waals surface area contributed by atoms with Crippen LogP contribution in [0.1, 0.15) is 53.1 Å². The van der Waals surface area contributed by atoms with Crippen molar-refractivity contribution in [3.63, 3.8) is 0 Å². The van der Waals surface area contributed by atoms with Gasteiger partial charge in [0, 0.05) is 0 Å². The number of hydrogen-bond donors (Lipinski definition) is 0. The molecule has 0 saturated carbocycles. The van der Waals surface area contributed by atoms with E-state index in [0.29, 0.717) is 0 Å². The smallest absolute Gasteiger partial charge is 0.434 e. The molecule has 0 unspecified atom stereocenters. The Balaban J connectivity index is 3.86. The summed E-state index contributed by atoms with van der Waals surface area (Å²) < 4.78 is 69.4. The van der Waals surface area contributed by atoms with Crippen molar-refractivity contribution in [1.82, 2.24) is 4.98 Å². The maximum Gasteiger partial charge on any atom is 0.434 e. The fraction of sp³-hybridized carbons (Fsp3) is 0.462. The molecule has 22 heavy (non-hydrogen) atoms. The van der Waals surface area contributed by atoms with Crippen molar-refractivity contribution in [2.45, 2.75) is 32.9 Å². The summed E-state index contributed by atoms with van der Waals surface area (Å²) in [4.78, 5) is 14.6. The van der Waals surface area contributed by atoms with Gasteiger partial charge in [-0.25, -0.2) is 18.6 Å². The minimum Gasteiger partial charge on any atom is -0.462 e. The van der Waals surface area contributed by atoms with E-state index in [1.807, 2.05) is 0 Å². The standard InChI is InChI=1S/C13H11F5N2O2/c1-3-6-7(5-19)9(11(14)15)20-10(13(16,17)18)8(6)12(21)22-4-2/h11H,3-4H2,1-2H3. The summed E-state index contributed by atoms with van der Waals surface area (Å²) in [7, 11) is 0. The zero-order valence-corrected chi connectivity index (χ0v) is 11.6. The quantitative estimate of drug-likeness (QED) is 0.627. The summed E-state index contributed by atoms with van der Waals surface area (Å²) in [6.45, 7) is 2.51. The number of ether oxygens (including phenoxy) is 1. The lowest BCUT2D eigenvalue weighted by molar-refractivity contribution is -0.142. The molecular formula is C13H11F5N2O2. The molecule has 0 aliphatic carbocycles. The average Bonchev–Trinajstić information content (AvgIpc) is 2.43. The van der Waals surface area contributed by atoms with Crippen LogP contribution in [-0.2, 0) is 17.3 Å². The van der Waals surface area contributed by atoms with E-state index in [4.69, 9.17) is 5.26 Å². The second kappa shape index (κ2) is 6.68. The SMILES string of the molecule is CCOC(=O)c1c(C(F)(F)F)nc(C(F)F)c(C#N)c1CC. The van der Waals surface area contributed by atoms with Gasteiger partial charge in [-0.05, 0) is 18.9 Å². The van der Waals surface area contributed by atoms with Crippen molar-refractivity contribution in [1.29, 1.82) is 5.26 Å². The molecule has 0 radical (unpaired) electrons. The van der Waals surface area contributed by atoms with Crippen LogP contribution in [0.15, 0.2) is 0 Å². The van der Waals surface area contributed by atoms with E-state index < -0.39 is 46.6 Å². The molecule has 0 aliphatic rings. The van der Waals surface area contributed by atoms with Gasteiger partial charge in [-0.3, -0.25) is 0 Å². The molecule has 1 rings (SSSR count). The first kappa shape index (κ1) is 17.8. The molecule has 4 nitrogen and oxygen atoms in total. The maximum atomic E-state index is 13.0. The number of aromatic nitrogens is 1. The first-order valence-electron chi connectivity index (χ1n) is 6.18. The zero-order valence-electron chi connectivity index (χ0n) is 11.6. The highest BCUT2D eigenvalue weighted by molar-refractivity contribution is 5.93. The maximum absolute atomic E-state index is 13.0. The van der Waals surface area contributed by atoms with E-state index in [1.165, 1.54) is 19.9 Å². The van der Waals surface area contributed by atoms with Crippen molar-refractivity contribution in [2.24, 2.45) is 0 Å². The predicted molar refractivity (Wildman–Crippen MR) is 64.2 cm³/mol. The van der Waals surface area contributed by atoms with Crippen molar-refractivity contribution in [2.75, 3.05) is 6.61 Å². The molecule has 120 valence electrons. The number of carbonyl (C=O) groups excluding carboxylic acids is 1. The summed E-state index contributed by atoms with van der Waals surface area (Å²) in [6.07, 6.45) is -8.75. The normalized spacial score (nSPS) is 11.4. The molecule has 1 aromatic heterocycles. The number of rotatable bonds is 4. The lowest BCUT2D eigenvalue weighted by Gasteiger charge is -2.18. The Morgan fingerprint density at radius 2 is 1.95 bits per heavy atom. The minimum absolute atomic E-state index is 0.211. The van der Waals surface area contributed by atoms with Gasteiger partial charge in [-0.15, -0.1) is 0 Å². The molecular weight excluding hydrogens is 311 g/mol. The molecule has 0 bridgehead atoms. The number of halogens is 5. The van der Waals surface area contributed by atoms with Gasteiger partial charge < -0.3 is 4.74 Å². The first-order valence-corrected chi connectivity index (χ1v) is 6.18. The predicted octanol–water partition coefficient (Wildman–Crippen LogP) is 3.65. The monoisotopic (exact) mass is 322 g/mol. The lowest BCUT2D eigenvalue weighted by Crippen LogP contribution is -2.22. The number of alkyl halides is 5. The summed E-state index contributed by atoms with van der Waals surface area (Å²) in [5.41, 5.74) is -5.22. The summed E-state index contributed by atoms with van der Waals surface area (Å²) in [5, 5.41) is 8.95. The van der Waals surface area contributed by atoms with Crippen LogP contribution < -0.4 is 0 Å². The highest BCUT2D eigenvalue weighted by Gasteiger charge is 2.41. The van der Waals surface area contributed by atoms with E-state index >= 15 is 0 Å². The van der Waals surface area contributed by atoms with Crippen LogP contribution in [0, 0.1) is 11.3 Å². The number of nitrogens with zero attached hydrogens (tertiary/aromatic N) is 2. The van der Waals surface area contributed by atoms with Crippen LogP contribution in [0.5, 0.6) is 0 Å². The van der Waals surface area contributed by atoms with Crippen LogP contribution >= 0.6 is 0 Å². The second-order valence-corrected chi connectivity index (χ2v) is 4.06. The molecule has 0 fully saturated rings. The van der Waals surface area contributed by atoms with Crippen molar-refractivity contribution >= 4 is 5.97 Å². The summed E-state index contributed by atoms with van der Waals surface area (Å²) in [6, 6.07) is 1.39.